The van der Waals surface area contributed by atoms with Gasteiger partial charge in [0.1, 0.15) is 6.10 Å². The zero-order chi connectivity index (χ0) is 45.1. The van der Waals surface area contributed by atoms with E-state index < -0.39 is 31.1 Å². The first kappa shape index (κ1) is 52.3. The normalized spacial score (nSPS) is 22.0. The first-order valence-corrected chi connectivity index (χ1v) is 23.8. The molecule has 3 fully saturated rings. The number of fused-ring (bicyclic) bond motifs is 2. The van der Waals surface area contributed by atoms with Crippen LogP contribution < -0.4 is 18.9 Å². The number of aromatic nitrogens is 2. The molecule has 336 valence electrons. The summed E-state index contributed by atoms with van der Waals surface area (Å²) < 4.78 is 106. The second-order valence-corrected chi connectivity index (χ2v) is 18.6. The number of benzene rings is 2. The van der Waals surface area contributed by atoms with Gasteiger partial charge >= 0.3 is 44.8 Å². The van der Waals surface area contributed by atoms with Crippen LogP contribution in [0.3, 0.4) is 0 Å². The van der Waals surface area contributed by atoms with E-state index in [4.69, 9.17) is 13.8 Å². The summed E-state index contributed by atoms with van der Waals surface area (Å²) in [5, 5.41) is 0. The molecular formula is C47H54F6LiN2O5PS. The molecule has 0 spiro atoms. The summed E-state index contributed by atoms with van der Waals surface area (Å²) in [5.41, 5.74) is 1.94. The number of carbonyl (C=O) groups excluding carboxylic acids is 1. The van der Waals surface area contributed by atoms with E-state index in [1.54, 1.807) is 50.4 Å². The number of ether oxygens (including phenoxy) is 1. The van der Waals surface area contributed by atoms with Crippen LogP contribution in [0.2, 0.25) is 0 Å². The molecule has 2 aromatic carbocycles. The first-order chi connectivity index (χ1) is 29.5. The van der Waals surface area contributed by atoms with Crippen LogP contribution in [-0.4, -0.2) is 46.8 Å². The number of cyclic esters (lactones) is 1. The molecule has 4 heterocycles. The van der Waals surface area contributed by atoms with E-state index in [0.717, 1.165) is 60.7 Å². The Balaban J connectivity index is 0.000000260. The van der Waals surface area contributed by atoms with Crippen molar-refractivity contribution < 1.29 is 68.3 Å². The molecule has 0 bridgehead atoms. The maximum Gasteiger partial charge on any atom is 1.00 e. The maximum atomic E-state index is 13.0. The van der Waals surface area contributed by atoms with Crippen LogP contribution in [-0.2, 0) is 41.7 Å². The molecular weight excluding hydrogens is 856 g/mol. The topological polar surface area (TPSA) is 87.6 Å². The Hall–Kier alpha value is -3.37. The number of allylic oxidation sites excluding steroid dienone is 1. The molecule has 7 nitrogen and oxygen atoms in total. The zero-order valence-corrected chi connectivity index (χ0v) is 38.0. The summed E-state index contributed by atoms with van der Waals surface area (Å²) in [6.07, 6.45) is 2.79. The van der Waals surface area contributed by atoms with Crippen molar-refractivity contribution in [1.29, 1.82) is 0 Å². The largest absolute Gasteiger partial charge is 1.00 e. The van der Waals surface area contributed by atoms with Gasteiger partial charge in [-0.2, -0.15) is 44.5 Å². The van der Waals surface area contributed by atoms with Crippen LogP contribution in [0.1, 0.15) is 75.9 Å². The second-order valence-electron chi connectivity index (χ2n) is 15.4. The van der Waals surface area contributed by atoms with E-state index in [1.807, 2.05) is 30.8 Å². The average Bonchev–Trinajstić information content (AvgIpc) is 3.54. The minimum Gasteiger partial charge on any atom is -0.462 e. The fourth-order valence-electron chi connectivity index (χ4n) is 8.16. The molecule has 1 saturated carbocycles. The number of halogens is 6. The van der Waals surface area contributed by atoms with Gasteiger partial charge in [0.25, 0.3) is 0 Å². The number of rotatable bonds is 11. The molecule has 3 aliphatic rings. The average molecular weight is 911 g/mol. The quantitative estimate of drug-likeness (QED) is 0.0484. The van der Waals surface area contributed by atoms with Gasteiger partial charge in [-0.3, -0.25) is 19.3 Å². The summed E-state index contributed by atoms with van der Waals surface area (Å²) in [7, 11) is -3.27. The SMILES string of the molecule is CCOP(=O)(Cc1ccc(-c2cccc(C(F)(F)F)c2)cn1)OCC.C[C@H]1OC(=O)[C@@H]2C[C@@H]3CSCC[C@H]3[C@H](/C=C/c3ccc(-c4cccc(C(F)(F)F)c4)cn3)[C@H]12.[CH2-]CCC.[Li+]. The van der Waals surface area contributed by atoms with Gasteiger partial charge < -0.3 is 20.7 Å². The molecule has 6 atom stereocenters. The molecule has 63 heavy (non-hydrogen) atoms. The summed E-state index contributed by atoms with van der Waals surface area (Å²) in [6, 6.07) is 17.2. The maximum absolute atomic E-state index is 13.0. The number of unbranched alkanes of at least 4 members (excludes halogenated alkanes) is 1. The number of carbonyl (C=O) groups is 1. The molecule has 0 N–H and O–H groups in total. The van der Waals surface area contributed by atoms with Crippen LogP contribution in [0.15, 0.2) is 91.3 Å². The summed E-state index contributed by atoms with van der Waals surface area (Å²) in [6.45, 7) is 11.7. The molecule has 4 aromatic rings. The standard InChI is InChI=1S/C26H26F3NO2S.C17H19F3NO3P.C4H9.Li/c1-15-24-22(21-9-10-33-14-18(21)12-23(24)25(31)32-15)8-7-20-6-5-17(13-30-20)16-3-2-4-19(11-16)26(27,28)29;1-3-23-25(22,24-4-2)12-16-9-8-14(11-21-16)13-6-5-7-15(10-13)17(18,19)20;1-3-4-2;/h2-8,11,13,15,18,21-24H,9-10,12,14H2,1H3;5-11H,3-4,12H2,1-2H3;1,3-4H2,2H3;/q;;-1;+1/b8-7+;;;/t15-,18-,21-,22+,23-,24+;;;/m1.../s1. The molecule has 0 unspecified atom stereocenters. The Morgan fingerprint density at radius 1 is 0.857 bits per heavy atom. The third-order valence-electron chi connectivity index (χ3n) is 11.1. The fraction of sp³-hybridized carbons (Fsp3) is 0.447. The third-order valence-corrected chi connectivity index (χ3v) is 14.4. The van der Waals surface area contributed by atoms with Crippen molar-refractivity contribution in [3.63, 3.8) is 0 Å². The van der Waals surface area contributed by atoms with Crippen molar-refractivity contribution in [3.8, 4) is 22.3 Å². The van der Waals surface area contributed by atoms with Crippen molar-refractivity contribution in [2.75, 3.05) is 24.7 Å². The number of esters is 1. The van der Waals surface area contributed by atoms with Crippen molar-refractivity contribution in [3.05, 3.63) is 121 Å². The minimum absolute atomic E-state index is 0. The Bertz CT molecular complexity index is 2130. The zero-order valence-electron chi connectivity index (χ0n) is 36.3. The first-order valence-electron chi connectivity index (χ1n) is 20.9. The van der Waals surface area contributed by atoms with Crippen LogP contribution in [0.25, 0.3) is 28.3 Å². The van der Waals surface area contributed by atoms with Gasteiger partial charge in [-0.25, -0.2) is 0 Å². The molecule has 0 radical (unpaired) electrons. The number of nitrogens with zero attached hydrogens (tertiary/aromatic N) is 2. The van der Waals surface area contributed by atoms with Crippen LogP contribution in [0.4, 0.5) is 26.3 Å². The van der Waals surface area contributed by atoms with Gasteiger partial charge in [-0.1, -0.05) is 55.8 Å². The number of hydrogen-bond acceptors (Lipinski definition) is 8. The van der Waals surface area contributed by atoms with Crippen molar-refractivity contribution in [2.24, 2.45) is 29.6 Å². The Morgan fingerprint density at radius 2 is 1.43 bits per heavy atom. The van der Waals surface area contributed by atoms with Gasteiger partial charge in [0, 0.05) is 29.4 Å². The molecule has 0 amide bonds. The van der Waals surface area contributed by atoms with E-state index in [9.17, 15) is 35.7 Å². The van der Waals surface area contributed by atoms with Crippen molar-refractivity contribution in [1.82, 2.24) is 9.97 Å². The minimum atomic E-state index is -4.40. The van der Waals surface area contributed by atoms with Crippen LogP contribution in [0, 0.1) is 36.5 Å². The fourth-order valence-corrected chi connectivity index (χ4v) is 11.1. The van der Waals surface area contributed by atoms with Crippen molar-refractivity contribution in [2.45, 2.75) is 78.0 Å². The molecule has 2 saturated heterocycles. The van der Waals surface area contributed by atoms with E-state index in [1.165, 1.54) is 24.8 Å². The molecule has 16 heteroatoms. The number of alkyl halides is 6. The molecule has 2 aliphatic heterocycles. The summed E-state index contributed by atoms with van der Waals surface area (Å²) in [4.78, 5) is 21.1. The Morgan fingerprint density at radius 3 is 1.92 bits per heavy atom. The summed E-state index contributed by atoms with van der Waals surface area (Å²) in [5.74, 6) is 3.72. The van der Waals surface area contributed by atoms with Gasteiger partial charge in [0.05, 0.1) is 47.8 Å². The second kappa shape index (κ2) is 23.7. The Kier molecular flexibility index (Phi) is 19.7. The monoisotopic (exact) mass is 910 g/mol. The molecule has 2 aromatic heterocycles. The number of hydrogen-bond donors (Lipinski definition) is 0. The molecule has 1 aliphatic carbocycles. The van der Waals surface area contributed by atoms with E-state index >= 15 is 0 Å². The van der Waals surface area contributed by atoms with E-state index in [2.05, 4.69) is 29.9 Å². The van der Waals surface area contributed by atoms with Gasteiger partial charge in [0.2, 0.25) is 0 Å². The van der Waals surface area contributed by atoms with Crippen LogP contribution >= 0.6 is 19.4 Å². The van der Waals surface area contributed by atoms with Gasteiger partial charge in [0.15, 0.2) is 0 Å². The smallest absolute Gasteiger partial charge is 0.462 e. The van der Waals surface area contributed by atoms with Gasteiger partial charge in [-0.05, 0) is 116 Å². The summed E-state index contributed by atoms with van der Waals surface area (Å²) >= 11 is 1.98. The number of thioether (sulfide) groups is 1. The van der Waals surface area contributed by atoms with Crippen molar-refractivity contribution >= 4 is 31.4 Å². The third kappa shape index (κ3) is 14.3. The Labute approximate surface area is 383 Å². The van der Waals surface area contributed by atoms with E-state index in [-0.39, 0.29) is 68.1 Å². The van der Waals surface area contributed by atoms with Crippen LogP contribution in [0.5, 0.6) is 0 Å². The van der Waals surface area contributed by atoms with Gasteiger partial charge in [-0.15, -0.1) is 0 Å². The van der Waals surface area contributed by atoms with E-state index in [0.29, 0.717) is 39.8 Å². The predicted octanol–water partition coefficient (Wildman–Crippen LogP) is 10.5. The predicted molar refractivity (Wildman–Crippen MR) is 233 cm³/mol. The molecule has 7 rings (SSSR count). The number of pyridine rings is 2.